The standard InChI is InChI=1S/C13H17N3O2S/c1-9-10(6-15-16-9)3-2-4-14-7-12-5-11(8-19-12)13(17)18/h5-6,8,14H,2-4,7H2,1H3,(H,15,16)(H,17,18). The van der Waals surface area contributed by atoms with E-state index in [1.165, 1.54) is 16.9 Å². The number of carbonyl (C=O) groups is 1. The molecule has 2 aromatic heterocycles. The van der Waals surface area contributed by atoms with Crippen molar-refractivity contribution in [3.63, 3.8) is 0 Å². The second kappa shape index (κ2) is 6.49. The Morgan fingerprint density at radius 1 is 1.58 bits per heavy atom. The minimum Gasteiger partial charge on any atom is -0.478 e. The molecule has 0 atom stereocenters. The molecular weight excluding hydrogens is 262 g/mol. The molecular formula is C13H17N3O2S. The van der Waals surface area contributed by atoms with Gasteiger partial charge in [-0.3, -0.25) is 5.10 Å². The molecule has 0 saturated heterocycles. The molecule has 0 fully saturated rings. The van der Waals surface area contributed by atoms with Crippen molar-refractivity contribution in [2.24, 2.45) is 0 Å². The molecule has 0 aliphatic carbocycles. The Hall–Kier alpha value is -1.66. The zero-order chi connectivity index (χ0) is 13.7. The molecule has 2 heterocycles. The lowest BCUT2D eigenvalue weighted by molar-refractivity contribution is 0.0697. The third kappa shape index (κ3) is 3.90. The van der Waals surface area contributed by atoms with Gasteiger partial charge in [0.05, 0.1) is 11.8 Å². The second-order valence-electron chi connectivity index (χ2n) is 4.41. The number of carboxylic acid groups (broad SMARTS) is 1. The number of nitrogens with zero attached hydrogens (tertiary/aromatic N) is 1. The fourth-order valence-electron chi connectivity index (χ4n) is 1.83. The van der Waals surface area contributed by atoms with E-state index in [1.54, 1.807) is 11.4 Å². The van der Waals surface area contributed by atoms with Crippen LogP contribution >= 0.6 is 11.3 Å². The predicted octanol–water partition coefficient (Wildman–Crippen LogP) is 2.20. The zero-order valence-electron chi connectivity index (χ0n) is 10.8. The molecule has 0 radical (unpaired) electrons. The summed E-state index contributed by atoms with van der Waals surface area (Å²) in [7, 11) is 0. The topological polar surface area (TPSA) is 78.0 Å². The normalized spacial score (nSPS) is 10.8. The summed E-state index contributed by atoms with van der Waals surface area (Å²) >= 11 is 1.48. The highest BCUT2D eigenvalue weighted by molar-refractivity contribution is 7.10. The zero-order valence-corrected chi connectivity index (χ0v) is 11.6. The van der Waals surface area contributed by atoms with Crippen LogP contribution in [0.4, 0.5) is 0 Å². The Morgan fingerprint density at radius 3 is 3.05 bits per heavy atom. The minimum absolute atomic E-state index is 0.371. The Labute approximate surface area is 115 Å². The van der Waals surface area contributed by atoms with E-state index in [1.807, 2.05) is 13.1 Å². The molecule has 2 aromatic rings. The third-order valence-electron chi connectivity index (χ3n) is 2.93. The number of hydrogen-bond acceptors (Lipinski definition) is 4. The van der Waals surface area contributed by atoms with Crippen LogP contribution in [0.1, 0.15) is 32.9 Å². The second-order valence-corrected chi connectivity index (χ2v) is 5.40. The highest BCUT2D eigenvalue weighted by Gasteiger charge is 2.06. The van der Waals surface area contributed by atoms with E-state index in [0.29, 0.717) is 5.56 Å². The molecule has 0 amide bonds. The van der Waals surface area contributed by atoms with Gasteiger partial charge in [-0.2, -0.15) is 5.10 Å². The third-order valence-corrected chi connectivity index (χ3v) is 3.87. The molecule has 2 rings (SSSR count). The van der Waals surface area contributed by atoms with Gasteiger partial charge >= 0.3 is 5.97 Å². The predicted molar refractivity (Wildman–Crippen MR) is 74.6 cm³/mol. The lowest BCUT2D eigenvalue weighted by atomic mass is 10.1. The average Bonchev–Trinajstić information content (AvgIpc) is 2.99. The van der Waals surface area contributed by atoms with Crippen molar-refractivity contribution in [1.29, 1.82) is 0 Å². The molecule has 0 aliphatic rings. The average molecular weight is 279 g/mol. The molecule has 19 heavy (non-hydrogen) atoms. The summed E-state index contributed by atoms with van der Waals surface area (Å²) in [6.07, 6.45) is 3.91. The fraction of sp³-hybridized carbons (Fsp3) is 0.385. The number of nitrogens with one attached hydrogen (secondary N) is 2. The van der Waals surface area contributed by atoms with Crippen LogP contribution in [-0.4, -0.2) is 27.8 Å². The molecule has 6 heteroatoms. The molecule has 5 nitrogen and oxygen atoms in total. The maximum absolute atomic E-state index is 10.7. The Morgan fingerprint density at radius 2 is 2.42 bits per heavy atom. The van der Waals surface area contributed by atoms with Crippen molar-refractivity contribution in [2.75, 3.05) is 6.54 Å². The Bertz CT molecular complexity index is 548. The van der Waals surface area contributed by atoms with E-state index in [9.17, 15) is 4.79 Å². The quantitative estimate of drug-likeness (QED) is 0.679. The number of aromatic carboxylic acids is 1. The van der Waals surface area contributed by atoms with Crippen molar-refractivity contribution >= 4 is 17.3 Å². The number of H-pyrrole nitrogens is 1. The van der Waals surface area contributed by atoms with Gasteiger partial charge in [-0.1, -0.05) is 0 Å². The largest absolute Gasteiger partial charge is 0.478 e. The number of aromatic nitrogens is 2. The fourth-order valence-corrected chi connectivity index (χ4v) is 2.66. The Balaban J connectivity index is 1.66. The summed E-state index contributed by atoms with van der Waals surface area (Å²) in [5.74, 6) is -0.863. The van der Waals surface area contributed by atoms with Crippen LogP contribution in [0.2, 0.25) is 0 Å². The SMILES string of the molecule is Cc1[nH]ncc1CCCNCc1cc(C(=O)O)cs1. The van der Waals surface area contributed by atoms with Crippen molar-refractivity contribution in [1.82, 2.24) is 15.5 Å². The first-order valence-electron chi connectivity index (χ1n) is 6.17. The van der Waals surface area contributed by atoms with Gasteiger partial charge < -0.3 is 10.4 Å². The number of rotatable bonds is 7. The molecule has 0 bridgehead atoms. The van der Waals surface area contributed by atoms with Gasteiger partial charge in [0, 0.05) is 22.5 Å². The summed E-state index contributed by atoms with van der Waals surface area (Å²) < 4.78 is 0. The van der Waals surface area contributed by atoms with Gasteiger partial charge in [-0.25, -0.2) is 4.79 Å². The van der Waals surface area contributed by atoms with Crippen LogP contribution in [-0.2, 0) is 13.0 Å². The van der Waals surface area contributed by atoms with E-state index < -0.39 is 5.97 Å². The van der Waals surface area contributed by atoms with E-state index >= 15 is 0 Å². The summed E-state index contributed by atoms with van der Waals surface area (Å²) in [4.78, 5) is 11.8. The van der Waals surface area contributed by atoms with Gasteiger partial charge in [0.25, 0.3) is 0 Å². The van der Waals surface area contributed by atoms with Crippen LogP contribution in [0.25, 0.3) is 0 Å². The van der Waals surface area contributed by atoms with Crippen molar-refractivity contribution in [3.8, 4) is 0 Å². The lowest BCUT2D eigenvalue weighted by Gasteiger charge is -2.02. The van der Waals surface area contributed by atoms with Gasteiger partial charge in [0.1, 0.15) is 0 Å². The first-order valence-corrected chi connectivity index (χ1v) is 7.05. The van der Waals surface area contributed by atoms with Gasteiger partial charge in [0.2, 0.25) is 0 Å². The summed E-state index contributed by atoms with van der Waals surface area (Å²) in [5.41, 5.74) is 2.76. The number of aromatic amines is 1. The summed E-state index contributed by atoms with van der Waals surface area (Å²) in [6, 6.07) is 1.72. The maximum atomic E-state index is 10.7. The van der Waals surface area contributed by atoms with E-state index in [2.05, 4.69) is 15.5 Å². The van der Waals surface area contributed by atoms with Crippen LogP contribution in [0.5, 0.6) is 0 Å². The monoisotopic (exact) mass is 279 g/mol. The lowest BCUT2D eigenvalue weighted by Crippen LogP contribution is -2.14. The van der Waals surface area contributed by atoms with Crippen LogP contribution < -0.4 is 5.32 Å². The first-order chi connectivity index (χ1) is 9.16. The minimum atomic E-state index is -0.863. The van der Waals surface area contributed by atoms with Gasteiger partial charge in [-0.15, -0.1) is 11.3 Å². The number of thiophene rings is 1. The number of hydrogen-bond donors (Lipinski definition) is 3. The summed E-state index contributed by atoms with van der Waals surface area (Å²) in [6.45, 7) is 3.65. The molecule has 0 saturated carbocycles. The molecule has 0 aromatic carbocycles. The van der Waals surface area contributed by atoms with Crippen molar-refractivity contribution < 1.29 is 9.90 Å². The van der Waals surface area contributed by atoms with Gasteiger partial charge in [0.15, 0.2) is 0 Å². The Kier molecular flexibility index (Phi) is 4.70. The van der Waals surface area contributed by atoms with Crippen LogP contribution in [0.3, 0.4) is 0 Å². The van der Waals surface area contributed by atoms with E-state index in [0.717, 1.165) is 36.5 Å². The highest BCUT2D eigenvalue weighted by atomic mass is 32.1. The van der Waals surface area contributed by atoms with Crippen molar-refractivity contribution in [2.45, 2.75) is 26.3 Å². The molecule has 0 spiro atoms. The van der Waals surface area contributed by atoms with Crippen molar-refractivity contribution in [3.05, 3.63) is 39.3 Å². The van der Waals surface area contributed by atoms with Crippen LogP contribution in [0.15, 0.2) is 17.6 Å². The number of carboxylic acids is 1. The molecule has 0 aliphatic heterocycles. The molecule has 102 valence electrons. The smallest absolute Gasteiger partial charge is 0.336 e. The van der Waals surface area contributed by atoms with Gasteiger partial charge in [-0.05, 0) is 37.9 Å². The highest BCUT2D eigenvalue weighted by Crippen LogP contribution is 2.14. The molecule has 0 unspecified atom stereocenters. The number of aryl methyl sites for hydroxylation is 2. The van der Waals surface area contributed by atoms with E-state index in [-0.39, 0.29) is 0 Å². The van der Waals surface area contributed by atoms with Crippen LogP contribution in [0, 0.1) is 6.92 Å². The first kappa shape index (κ1) is 13.8. The van der Waals surface area contributed by atoms with E-state index in [4.69, 9.17) is 5.11 Å². The summed E-state index contributed by atoms with van der Waals surface area (Å²) in [5, 5.41) is 20.7. The maximum Gasteiger partial charge on any atom is 0.336 e. The molecule has 3 N–H and O–H groups in total.